The molecular weight excluding hydrogens is 207 g/mol. The van der Waals surface area contributed by atoms with Gasteiger partial charge in [0, 0.05) is 24.7 Å². The zero-order valence-corrected chi connectivity index (χ0v) is 8.83. The van der Waals surface area contributed by atoms with Gasteiger partial charge in [-0.15, -0.1) is 24.8 Å². The Morgan fingerprint density at radius 2 is 2.00 bits per heavy atom. The highest BCUT2D eigenvalue weighted by molar-refractivity contribution is 5.85. The van der Waals surface area contributed by atoms with Gasteiger partial charge in [0.2, 0.25) is 0 Å². The van der Waals surface area contributed by atoms with E-state index in [4.69, 9.17) is 5.73 Å². The molecule has 1 aromatic rings. The summed E-state index contributed by atoms with van der Waals surface area (Å²) >= 11 is 0. The second kappa shape index (κ2) is 5.32. The summed E-state index contributed by atoms with van der Waals surface area (Å²) in [6.07, 6.45) is 0. The molecule has 13 heavy (non-hydrogen) atoms. The minimum absolute atomic E-state index is 0. The number of nitrogens with two attached hydrogens (primary N) is 1. The first-order valence-corrected chi connectivity index (χ1v) is 3.94. The number of hydrogen-bond acceptors (Lipinski definition) is 2. The van der Waals surface area contributed by atoms with Crippen molar-refractivity contribution in [3.8, 4) is 0 Å². The van der Waals surface area contributed by atoms with Crippen LogP contribution >= 0.6 is 24.8 Å². The molecule has 1 unspecified atom stereocenters. The van der Waals surface area contributed by atoms with E-state index in [0.29, 0.717) is 5.92 Å². The van der Waals surface area contributed by atoms with Gasteiger partial charge in [-0.05, 0) is 11.6 Å². The van der Waals surface area contributed by atoms with Crippen LogP contribution in [-0.4, -0.2) is 13.1 Å². The smallest absolute Gasteiger partial charge is 0.0376 e. The van der Waals surface area contributed by atoms with E-state index in [2.05, 4.69) is 23.5 Å². The maximum absolute atomic E-state index is 5.61. The Bertz CT molecular complexity index is 266. The Hall–Kier alpha value is -0.440. The molecule has 0 aromatic heterocycles. The van der Waals surface area contributed by atoms with E-state index < -0.39 is 0 Å². The van der Waals surface area contributed by atoms with Gasteiger partial charge in [-0.2, -0.15) is 0 Å². The number of halogens is 2. The molecule has 0 aliphatic carbocycles. The minimum Gasteiger partial charge on any atom is -0.384 e. The third kappa shape index (κ3) is 2.27. The van der Waals surface area contributed by atoms with Crippen molar-refractivity contribution in [3.05, 3.63) is 29.8 Å². The molecule has 0 fully saturated rings. The van der Waals surface area contributed by atoms with Crippen LogP contribution in [0.2, 0.25) is 0 Å². The fraction of sp³-hybridized carbons (Fsp3) is 0.333. The van der Waals surface area contributed by atoms with E-state index in [-0.39, 0.29) is 24.8 Å². The van der Waals surface area contributed by atoms with Crippen LogP contribution in [0.25, 0.3) is 0 Å². The largest absolute Gasteiger partial charge is 0.384 e. The quantitative estimate of drug-likeness (QED) is 0.761. The fourth-order valence-corrected chi connectivity index (χ4v) is 1.57. The highest BCUT2D eigenvalue weighted by atomic mass is 35.5. The summed E-state index contributed by atoms with van der Waals surface area (Å²) in [4.78, 5) is 0. The minimum atomic E-state index is 0. The Balaban J connectivity index is 0.000000720. The van der Waals surface area contributed by atoms with Gasteiger partial charge in [-0.1, -0.05) is 18.2 Å². The maximum atomic E-state index is 5.61. The number of benzene rings is 1. The average molecular weight is 221 g/mol. The van der Waals surface area contributed by atoms with Crippen molar-refractivity contribution < 1.29 is 0 Å². The van der Waals surface area contributed by atoms with Gasteiger partial charge in [0.25, 0.3) is 0 Å². The molecule has 1 aliphatic heterocycles. The summed E-state index contributed by atoms with van der Waals surface area (Å²) in [5, 5.41) is 3.32. The Labute approximate surface area is 90.7 Å². The fourth-order valence-electron chi connectivity index (χ4n) is 1.57. The van der Waals surface area contributed by atoms with Gasteiger partial charge in [0.15, 0.2) is 0 Å². The van der Waals surface area contributed by atoms with Crippen molar-refractivity contribution in [3.63, 3.8) is 0 Å². The topological polar surface area (TPSA) is 38.0 Å². The highest BCUT2D eigenvalue weighted by Gasteiger charge is 2.18. The van der Waals surface area contributed by atoms with Crippen molar-refractivity contribution in [1.82, 2.24) is 0 Å². The van der Waals surface area contributed by atoms with Crippen LogP contribution in [0.1, 0.15) is 11.5 Å². The van der Waals surface area contributed by atoms with Crippen LogP contribution in [0, 0.1) is 0 Å². The average Bonchev–Trinajstić information content (AvgIpc) is 2.47. The highest BCUT2D eigenvalue weighted by Crippen LogP contribution is 2.29. The lowest BCUT2D eigenvalue weighted by molar-refractivity contribution is 0.767. The molecule has 2 rings (SSSR count). The third-order valence-electron chi connectivity index (χ3n) is 2.22. The normalized spacial score (nSPS) is 17.8. The molecule has 1 heterocycles. The Morgan fingerprint density at radius 1 is 1.31 bits per heavy atom. The number of anilines is 1. The molecule has 3 N–H and O–H groups in total. The van der Waals surface area contributed by atoms with Crippen LogP contribution in [0.15, 0.2) is 24.3 Å². The monoisotopic (exact) mass is 220 g/mol. The number of rotatable bonds is 1. The molecule has 2 nitrogen and oxygen atoms in total. The molecule has 1 aliphatic rings. The second-order valence-electron chi connectivity index (χ2n) is 2.90. The van der Waals surface area contributed by atoms with Crippen molar-refractivity contribution in [2.45, 2.75) is 5.92 Å². The third-order valence-corrected chi connectivity index (χ3v) is 2.22. The van der Waals surface area contributed by atoms with Crippen LogP contribution in [0.3, 0.4) is 0 Å². The molecule has 0 spiro atoms. The van der Waals surface area contributed by atoms with Crippen LogP contribution in [0.4, 0.5) is 5.69 Å². The Kier molecular flexibility index (Phi) is 5.14. The van der Waals surface area contributed by atoms with Crippen LogP contribution in [-0.2, 0) is 0 Å². The molecule has 1 atom stereocenters. The van der Waals surface area contributed by atoms with Gasteiger partial charge in [0.05, 0.1) is 0 Å². The zero-order chi connectivity index (χ0) is 7.68. The standard InChI is InChI=1S/C9H12N2.2ClH/c10-5-7-6-11-9-4-2-1-3-8(7)9;;/h1-4,7,11H,5-6,10H2;2*1H. The van der Waals surface area contributed by atoms with E-state index in [0.717, 1.165) is 13.1 Å². The first-order valence-electron chi connectivity index (χ1n) is 3.94. The van der Waals surface area contributed by atoms with Gasteiger partial charge >= 0.3 is 0 Å². The van der Waals surface area contributed by atoms with Crippen molar-refractivity contribution >= 4 is 30.5 Å². The summed E-state index contributed by atoms with van der Waals surface area (Å²) in [6.45, 7) is 1.74. The molecular formula is C9H14Cl2N2. The lowest BCUT2D eigenvalue weighted by Gasteiger charge is -2.04. The number of para-hydroxylation sites is 1. The molecule has 74 valence electrons. The first-order chi connectivity index (χ1) is 5.42. The summed E-state index contributed by atoms with van der Waals surface area (Å²) in [7, 11) is 0. The molecule has 4 heteroatoms. The van der Waals surface area contributed by atoms with E-state index in [1.807, 2.05) is 6.07 Å². The van der Waals surface area contributed by atoms with Gasteiger partial charge in [0.1, 0.15) is 0 Å². The predicted molar refractivity (Wildman–Crippen MR) is 61.2 cm³/mol. The Morgan fingerprint density at radius 3 is 2.69 bits per heavy atom. The number of fused-ring (bicyclic) bond motifs is 1. The molecule has 0 saturated carbocycles. The molecule has 1 aromatic carbocycles. The number of nitrogens with one attached hydrogen (secondary N) is 1. The molecule has 0 radical (unpaired) electrons. The molecule has 0 saturated heterocycles. The summed E-state index contributed by atoms with van der Waals surface area (Å²) in [5.41, 5.74) is 8.23. The van der Waals surface area contributed by atoms with Crippen LogP contribution in [0.5, 0.6) is 0 Å². The van der Waals surface area contributed by atoms with Gasteiger partial charge < -0.3 is 11.1 Å². The zero-order valence-electron chi connectivity index (χ0n) is 7.19. The summed E-state index contributed by atoms with van der Waals surface area (Å²) < 4.78 is 0. The van der Waals surface area contributed by atoms with Gasteiger partial charge in [-0.3, -0.25) is 0 Å². The van der Waals surface area contributed by atoms with Gasteiger partial charge in [-0.25, -0.2) is 0 Å². The maximum Gasteiger partial charge on any atom is 0.0376 e. The van der Waals surface area contributed by atoms with E-state index in [1.54, 1.807) is 0 Å². The van der Waals surface area contributed by atoms with E-state index >= 15 is 0 Å². The SMILES string of the molecule is Cl.Cl.NCC1CNc2ccccc21. The van der Waals surface area contributed by atoms with Crippen molar-refractivity contribution in [2.75, 3.05) is 18.4 Å². The summed E-state index contributed by atoms with van der Waals surface area (Å²) in [6, 6.07) is 8.36. The van der Waals surface area contributed by atoms with E-state index in [9.17, 15) is 0 Å². The lowest BCUT2D eigenvalue weighted by Crippen LogP contribution is -2.13. The number of hydrogen-bond donors (Lipinski definition) is 2. The second-order valence-corrected chi connectivity index (χ2v) is 2.90. The predicted octanol–water partition coefficient (Wildman–Crippen LogP) is 2.00. The molecule has 0 bridgehead atoms. The van der Waals surface area contributed by atoms with E-state index in [1.165, 1.54) is 11.3 Å². The first kappa shape index (κ1) is 12.6. The van der Waals surface area contributed by atoms with Crippen LogP contribution < -0.4 is 11.1 Å². The summed E-state index contributed by atoms with van der Waals surface area (Å²) in [5.74, 6) is 0.520. The molecule has 0 amide bonds. The van der Waals surface area contributed by atoms with Crippen molar-refractivity contribution in [1.29, 1.82) is 0 Å². The lowest BCUT2D eigenvalue weighted by atomic mass is 10.0. The van der Waals surface area contributed by atoms with Crippen molar-refractivity contribution in [2.24, 2.45) is 5.73 Å².